The molecule has 1 N–H and O–H groups in total. The number of carbonyl (C=O) groups is 1. The van der Waals surface area contributed by atoms with Crippen LogP contribution in [0.25, 0.3) is 0 Å². The number of alkyl halides is 3. The fourth-order valence-corrected chi connectivity index (χ4v) is 3.81. The van der Waals surface area contributed by atoms with Crippen molar-refractivity contribution >= 4 is 17.5 Å². The molecule has 0 aliphatic carbocycles. The largest absolute Gasteiger partial charge is 0.417 e. The van der Waals surface area contributed by atoms with E-state index in [1.165, 1.54) is 23.1 Å². The van der Waals surface area contributed by atoms with E-state index in [1.54, 1.807) is 19.2 Å². The lowest BCUT2D eigenvalue weighted by Gasteiger charge is -2.38. The fourth-order valence-electron chi connectivity index (χ4n) is 3.59. The van der Waals surface area contributed by atoms with E-state index in [-0.39, 0.29) is 23.3 Å². The predicted molar refractivity (Wildman–Crippen MR) is 99.0 cm³/mol. The third-order valence-electron chi connectivity index (χ3n) is 5.08. The summed E-state index contributed by atoms with van der Waals surface area (Å²) in [6.07, 6.45) is -4.01. The SMILES string of the molecule is CN(C(=O)c1ccc(Cl)c(C(F)(F)F)c1)[C@@H]1CCNC[C@H]1c1ccc(F)cc1. The van der Waals surface area contributed by atoms with Gasteiger partial charge in [-0.3, -0.25) is 4.79 Å². The molecule has 1 heterocycles. The first-order valence-electron chi connectivity index (χ1n) is 8.78. The first kappa shape index (κ1) is 20.6. The Morgan fingerprint density at radius 1 is 1.18 bits per heavy atom. The van der Waals surface area contributed by atoms with Crippen LogP contribution in [0, 0.1) is 5.82 Å². The number of amides is 1. The van der Waals surface area contributed by atoms with Gasteiger partial charge in [0.2, 0.25) is 0 Å². The summed E-state index contributed by atoms with van der Waals surface area (Å²) in [5, 5.41) is 2.80. The third kappa shape index (κ3) is 4.31. The van der Waals surface area contributed by atoms with Gasteiger partial charge in [-0.05, 0) is 48.9 Å². The second-order valence-electron chi connectivity index (χ2n) is 6.83. The maximum absolute atomic E-state index is 13.2. The predicted octanol–water partition coefficient (Wildman–Crippen LogP) is 4.72. The molecule has 0 saturated carbocycles. The average Bonchev–Trinajstić information content (AvgIpc) is 2.67. The van der Waals surface area contributed by atoms with Crippen molar-refractivity contribution in [1.29, 1.82) is 0 Å². The highest BCUT2D eigenvalue weighted by molar-refractivity contribution is 6.31. The summed E-state index contributed by atoms with van der Waals surface area (Å²) in [4.78, 5) is 14.4. The van der Waals surface area contributed by atoms with Gasteiger partial charge < -0.3 is 10.2 Å². The zero-order chi connectivity index (χ0) is 20.5. The molecule has 0 aromatic heterocycles. The number of hydrogen-bond acceptors (Lipinski definition) is 2. The topological polar surface area (TPSA) is 32.3 Å². The summed E-state index contributed by atoms with van der Waals surface area (Å²) in [7, 11) is 1.58. The fraction of sp³-hybridized carbons (Fsp3) is 0.350. The van der Waals surface area contributed by atoms with Gasteiger partial charge in [-0.15, -0.1) is 0 Å². The Bertz CT molecular complexity index is 854. The molecule has 1 aliphatic rings. The summed E-state index contributed by atoms with van der Waals surface area (Å²) in [6, 6.07) is 8.99. The van der Waals surface area contributed by atoms with E-state index in [0.29, 0.717) is 19.5 Å². The molecule has 0 spiro atoms. The van der Waals surface area contributed by atoms with Crippen molar-refractivity contribution in [3.8, 4) is 0 Å². The van der Waals surface area contributed by atoms with Crippen LogP contribution in [0.4, 0.5) is 17.6 Å². The van der Waals surface area contributed by atoms with Gasteiger partial charge in [0, 0.05) is 31.1 Å². The average molecular weight is 415 g/mol. The van der Waals surface area contributed by atoms with Gasteiger partial charge in [0.05, 0.1) is 10.6 Å². The van der Waals surface area contributed by atoms with Gasteiger partial charge in [0.1, 0.15) is 5.82 Å². The minimum absolute atomic E-state index is 0.0735. The second kappa shape index (κ2) is 8.09. The van der Waals surface area contributed by atoms with Crippen LogP contribution in [-0.2, 0) is 6.18 Å². The highest BCUT2D eigenvalue weighted by atomic mass is 35.5. The molecule has 0 radical (unpaired) electrons. The Hall–Kier alpha value is -2.12. The number of nitrogens with one attached hydrogen (secondary N) is 1. The Morgan fingerprint density at radius 2 is 1.86 bits per heavy atom. The lowest BCUT2D eigenvalue weighted by atomic mass is 9.85. The number of piperidine rings is 1. The molecule has 3 rings (SSSR count). The van der Waals surface area contributed by atoms with Gasteiger partial charge >= 0.3 is 6.18 Å². The normalized spacial score (nSPS) is 20.1. The number of likely N-dealkylation sites (N-methyl/N-ethyl adjacent to an activating group) is 1. The smallest absolute Gasteiger partial charge is 0.338 e. The third-order valence-corrected chi connectivity index (χ3v) is 5.41. The van der Waals surface area contributed by atoms with Crippen LogP contribution in [0.5, 0.6) is 0 Å². The number of rotatable bonds is 3. The molecule has 1 saturated heterocycles. The van der Waals surface area contributed by atoms with Crippen LogP contribution >= 0.6 is 11.6 Å². The van der Waals surface area contributed by atoms with Gasteiger partial charge in [-0.2, -0.15) is 13.2 Å². The van der Waals surface area contributed by atoms with E-state index >= 15 is 0 Å². The molecule has 2 atom stereocenters. The molecule has 28 heavy (non-hydrogen) atoms. The summed E-state index contributed by atoms with van der Waals surface area (Å²) in [5.74, 6) is -0.965. The maximum atomic E-state index is 13.2. The minimum Gasteiger partial charge on any atom is -0.338 e. The van der Waals surface area contributed by atoms with E-state index in [2.05, 4.69) is 5.32 Å². The maximum Gasteiger partial charge on any atom is 0.417 e. The van der Waals surface area contributed by atoms with Crippen LogP contribution in [0.3, 0.4) is 0 Å². The van der Waals surface area contributed by atoms with Gasteiger partial charge in [0.15, 0.2) is 0 Å². The molecule has 1 amide bonds. The first-order valence-corrected chi connectivity index (χ1v) is 9.16. The summed E-state index contributed by atoms with van der Waals surface area (Å²) >= 11 is 5.65. The second-order valence-corrected chi connectivity index (χ2v) is 7.23. The summed E-state index contributed by atoms with van der Waals surface area (Å²) in [6.45, 7) is 1.26. The molecular weight excluding hydrogens is 396 g/mol. The van der Waals surface area contributed by atoms with E-state index in [0.717, 1.165) is 17.7 Å². The Balaban J connectivity index is 1.88. The monoisotopic (exact) mass is 414 g/mol. The number of halogens is 5. The van der Waals surface area contributed by atoms with E-state index in [9.17, 15) is 22.4 Å². The van der Waals surface area contributed by atoms with Crippen LogP contribution in [-0.4, -0.2) is 37.0 Å². The van der Waals surface area contributed by atoms with Crippen molar-refractivity contribution in [2.24, 2.45) is 0 Å². The summed E-state index contributed by atoms with van der Waals surface area (Å²) in [5.41, 5.74) is -0.241. The van der Waals surface area contributed by atoms with E-state index in [4.69, 9.17) is 11.6 Å². The van der Waals surface area contributed by atoms with Crippen molar-refractivity contribution in [3.05, 3.63) is 70.0 Å². The van der Waals surface area contributed by atoms with Crippen molar-refractivity contribution in [3.63, 3.8) is 0 Å². The van der Waals surface area contributed by atoms with Gasteiger partial charge in [-0.1, -0.05) is 23.7 Å². The van der Waals surface area contributed by atoms with Gasteiger partial charge in [-0.25, -0.2) is 4.39 Å². The number of nitrogens with zero attached hydrogens (tertiary/aromatic N) is 1. The molecule has 1 aliphatic heterocycles. The van der Waals surface area contributed by atoms with Crippen molar-refractivity contribution in [1.82, 2.24) is 10.2 Å². The molecule has 3 nitrogen and oxygen atoms in total. The minimum atomic E-state index is -4.64. The van der Waals surface area contributed by atoms with E-state index < -0.39 is 22.7 Å². The van der Waals surface area contributed by atoms with Crippen molar-refractivity contribution < 1.29 is 22.4 Å². The van der Waals surface area contributed by atoms with Crippen LogP contribution < -0.4 is 5.32 Å². The van der Waals surface area contributed by atoms with Crippen LogP contribution in [0.1, 0.15) is 33.8 Å². The summed E-state index contributed by atoms with van der Waals surface area (Å²) < 4.78 is 52.6. The highest BCUT2D eigenvalue weighted by Gasteiger charge is 2.36. The molecule has 8 heteroatoms. The number of carbonyl (C=O) groups excluding carboxylic acids is 1. The van der Waals surface area contributed by atoms with Gasteiger partial charge in [0.25, 0.3) is 5.91 Å². The lowest BCUT2D eigenvalue weighted by Crippen LogP contribution is -2.49. The molecule has 150 valence electrons. The molecule has 2 aromatic rings. The Kier molecular flexibility index (Phi) is 5.95. The molecule has 0 bridgehead atoms. The quantitative estimate of drug-likeness (QED) is 0.737. The lowest BCUT2D eigenvalue weighted by molar-refractivity contribution is -0.137. The molecular formula is C20H19ClF4N2O. The zero-order valence-electron chi connectivity index (χ0n) is 15.1. The van der Waals surface area contributed by atoms with Crippen molar-refractivity contribution in [2.45, 2.75) is 24.6 Å². The standard InChI is InChI=1S/C20H19ClF4N2O/c1-27(19(28)13-4-7-17(21)16(10-13)20(23,24)25)18-8-9-26-11-15(18)12-2-5-14(22)6-3-12/h2-7,10,15,18,26H,8-9,11H2,1H3/t15-,18+/m0/s1. The number of benzene rings is 2. The van der Waals surface area contributed by atoms with E-state index in [1.807, 2.05) is 0 Å². The molecule has 0 unspecified atom stereocenters. The highest BCUT2D eigenvalue weighted by Crippen LogP contribution is 2.36. The Morgan fingerprint density at radius 3 is 2.50 bits per heavy atom. The van der Waals surface area contributed by atoms with Crippen molar-refractivity contribution in [2.75, 3.05) is 20.1 Å². The van der Waals surface area contributed by atoms with Crippen LogP contribution in [0.2, 0.25) is 5.02 Å². The Labute approximate surface area is 165 Å². The molecule has 2 aromatic carbocycles. The van der Waals surface area contributed by atoms with Crippen LogP contribution in [0.15, 0.2) is 42.5 Å². The number of hydrogen-bond donors (Lipinski definition) is 1. The first-order chi connectivity index (χ1) is 13.2. The zero-order valence-corrected chi connectivity index (χ0v) is 15.8. The molecule has 1 fully saturated rings.